The molecule has 3 unspecified atom stereocenters. The van der Waals surface area contributed by atoms with Gasteiger partial charge in [0.2, 0.25) is 0 Å². The smallest absolute Gasteiger partial charge is 0.325 e. The fourth-order valence-corrected chi connectivity index (χ4v) is 4.80. The summed E-state index contributed by atoms with van der Waals surface area (Å²) in [7, 11) is -3.39. The standard InChI is InChI=1S/C12H21NO5S/c1-19(16,17)10-5-2-6-12(10,11(14)15)13-8-9-4-3-7-18-9/h9-10,13H,2-8H2,1H3,(H,14,15). The first-order valence-corrected chi connectivity index (χ1v) is 8.60. The first-order chi connectivity index (χ1) is 8.86. The SMILES string of the molecule is CS(=O)(=O)C1CCCC1(NCC1CCCO1)C(=O)O. The van der Waals surface area contributed by atoms with Crippen molar-refractivity contribution in [3.63, 3.8) is 0 Å². The van der Waals surface area contributed by atoms with Crippen LogP contribution in [0.5, 0.6) is 0 Å². The van der Waals surface area contributed by atoms with E-state index in [-0.39, 0.29) is 6.10 Å². The summed E-state index contributed by atoms with van der Waals surface area (Å²) in [6, 6.07) is 0. The van der Waals surface area contributed by atoms with Gasteiger partial charge in [0.05, 0.1) is 11.4 Å². The maximum Gasteiger partial charge on any atom is 0.325 e. The van der Waals surface area contributed by atoms with Gasteiger partial charge in [-0.15, -0.1) is 0 Å². The number of carbonyl (C=O) groups is 1. The van der Waals surface area contributed by atoms with Gasteiger partial charge in [0, 0.05) is 19.4 Å². The number of sulfone groups is 1. The fourth-order valence-electron chi connectivity index (χ4n) is 3.18. The van der Waals surface area contributed by atoms with Crippen LogP contribution in [0.25, 0.3) is 0 Å². The Morgan fingerprint density at radius 2 is 2.16 bits per heavy atom. The predicted octanol–water partition coefficient (Wildman–Crippen LogP) is 0.176. The molecular formula is C12H21NO5S. The molecule has 0 aromatic rings. The number of nitrogens with one attached hydrogen (secondary N) is 1. The Kier molecular flexibility index (Phi) is 4.17. The second kappa shape index (κ2) is 5.38. The molecule has 1 aliphatic carbocycles. The Morgan fingerprint density at radius 3 is 2.68 bits per heavy atom. The van der Waals surface area contributed by atoms with E-state index < -0.39 is 26.6 Å². The Balaban J connectivity index is 2.14. The first kappa shape index (κ1) is 14.7. The Labute approximate surface area is 113 Å². The quantitative estimate of drug-likeness (QED) is 0.750. The van der Waals surface area contributed by atoms with Crippen LogP contribution in [0.3, 0.4) is 0 Å². The number of hydrogen-bond acceptors (Lipinski definition) is 5. The summed E-state index contributed by atoms with van der Waals surface area (Å²) in [6.45, 7) is 1.10. The molecule has 2 aliphatic rings. The van der Waals surface area contributed by atoms with E-state index in [1.807, 2.05) is 0 Å². The summed E-state index contributed by atoms with van der Waals surface area (Å²) < 4.78 is 29.1. The highest BCUT2D eigenvalue weighted by atomic mass is 32.2. The van der Waals surface area contributed by atoms with Crippen LogP contribution in [0.2, 0.25) is 0 Å². The van der Waals surface area contributed by atoms with Crippen LogP contribution in [0.15, 0.2) is 0 Å². The second-order valence-corrected chi connectivity index (χ2v) is 7.73. The van der Waals surface area contributed by atoms with Crippen molar-refractivity contribution < 1.29 is 23.1 Å². The van der Waals surface area contributed by atoms with Crippen LogP contribution in [0, 0.1) is 0 Å². The first-order valence-electron chi connectivity index (χ1n) is 6.65. The maximum atomic E-state index is 11.8. The van der Waals surface area contributed by atoms with Gasteiger partial charge >= 0.3 is 5.97 Å². The van der Waals surface area contributed by atoms with E-state index in [0.717, 1.165) is 19.1 Å². The number of carboxylic acid groups (broad SMARTS) is 1. The highest BCUT2D eigenvalue weighted by molar-refractivity contribution is 7.91. The van der Waals surface area contributed by atoms with Crippen molar-refractivity contribution in [1.29, 1.82) is 0 Å². The van der Waals surface area contributed by atoms with Crippen LogP contribution >= 0.6 is 0 Å². The summed E-state index contributed by atoms with van der Waals surface area (Å²) in [5.74, 6) is -1.07. The highest BCUT2D eigenvalue weighted by Gasteiger charge is 2.53. The lowest BCUT2D eigenvalue weighted by molar-refractivity contribution is -0.144. The second-order valence-electron chi connectivity index (χ2n) is 5.50. The van der Waals surface area contributed by atoms with Gasteiger partial charge in [-0.25, -0.2) is 8.42 Å². The third kappa shape index (κ3) is 2.93. The summed E-state index contributed by atoms with van der Waals surface area (Å²) in [5, 5.41) is 11.6. The summed E-state index contributed by atoms with van der Waals surface area (Å²) in [5.41, 5.74) is -1.35. The van der Waals surface area contributed by atoms with Crippen LogP contribution < -0.4 is 5.32 Å². The highest BCUT2D eigenvalue weighted by Crippen LogP contribution is 2.35. The lowest BCUT2D eigenvalue weighted by Crippen LogP contribution is -2.60. The van der Waals surface area contributed by atoms with E-state index in [1.54, 1.807) is 0 Å². The summed E-state index contributed by atoms with van der Waals surface area (Å²) in [4.78, 5) is 11.6. The van der Waals surface area contributed by atoms with E-state index in [0.29, 0.717) is 32.4 Å². The van der Waals surface area contributed by atoms with Crippen molar-refractivity contribution in [3.05, 3.63) is 0 Å². The van der Waals surface area contributed by atoms with E-state index >= 15 is 0 Å². The van der Waals surface area contributed by atoms with Crippen molar-refractivity contribution in [1.82, 2.24) is 5.32 Å². The van der Waals surface area contributed by atoms with Crippen molar-refractivity contribution in [2.45, 2.75) is 49.0 Å². The molecule has 1 aliphatic heterocycles. The monoisotopic (exact) mass is 291 g/mol. The van der Waals surface area contributed by atoms with Gasteiger partial charge in [-0.1, -0.05) is 0 Å². The zero-order chi connectivity index (χ0) is 14.1. The zero-order valence-electron chi connectivity index (χ0n) is 11.1. The van der Waals surface area contributed by atoms with Gasteiger partial charge in [-0.05, 0) is 32.1 Å². The molecule has 1 heterocycles. The van der Waals surface area contributed by atoms with E-state index in [9.17, 15) is 18.3 Å². The number of ether oxygens (including phenoxy) is 1. The zero-order valence-corrected chi connectivity index (χ0v) is 11.9. The van der Waals surface area contributed by atoms with Gasteiger partial charge in [-0.2, -0.15) is 0 Å². The molecule has 0 spiro atoms. The van der Waals surface area contributed by atoms with Crippen LogP contribution in [-0.4, -0.2) is 55.8 Å². The fraction of sp³-hybridized carbons (Fsp3) is 0.917. The Bertz CT molecular complexity index is 443. The number of aliphatic carboxylic acids is 1. The van der Waals surface area contributed by atoms with Crippen molar-refractivity contribution in [3.8, 4) is 0 Å². The van der Waals surface area contributed by atoms with Gasteiger partial charge in [-0.3, -0.25) is 10.1 Å². The average molecular weight is 291 g/mol. The maximum absolute atomic E-state index is 11.8. The molecule has 19 heavy (non-hydrogen) atoms. The molecule has 2 N–H and O–H groups in total. The lowest BCUT2D eigenvalue weighted by Gasteiger charge is -2.32. The minimum absolute atomic E-state index is 0.00275. The minimum atomic E-state index is -3.39. The summed E-state index contributed by atoms with van der Waals surface area (Å²) >= 11 is 0. The molecule has 110 valence electrons. The predicted molar refractivity (Wildman–Crippen MR) is 69.8 cm³/mol. The number of rotatable bonds is 5. The molecule has 0 radical (unpaired) electrons. The third-order valence-electron chi connectivity index (χ3n) is 4.15. The molecule has 0 aromatic heterocycles. The molecule has 0 bridgehead atoms. The number of hydrogen-bond donors (Lipinski definition) is 2. The van der Waals surface area contributed by atoms with Gasteiger partial charge in [0.15, 0.2) is 9.84 Å². The van der Waals surface area contributed by atoms with Crippen LogP contribution in [0.1, 0.15) is 32.1 Å². The van der Waals surface area contributed by atoms with Gasteiger partial charge in [0.1, 0.15) is 5.54 Å². The molecule has 2 fully saturated rings. The molecule has 2 rings (SSSR count). The number of carboxylic acids is 1. The summed E-state index contributed by atoms with van der Waals surface area (Å²) in [6.07, 6.45) is 4.36. The lowest BCUT2D eigenvalue weighted by atomic mass is 9.97. The molecule has 6 nitrogen and oxygen atoms in total. The molecule has 3 atom stereocenters. The third-order valence-corrected chi connectivity index (χ3v) is 5.83. The largest absolute Gasteiger partial charge is 0.480 e. The van der Waals surface area contributed by atoms with Crippen molar-refractivity contribution in [2.24, 2.45) is 0 Å². The molecule has 1 saturated heterocycles. The van der Waals surface area contributed by atoms with E-state index in [1.165, 1.54) is 0 Å². The minimum Gasteiger partial charge on any atom is -0.480 e. The van der Waals surface area contributed by atoms with E-state index in [4.69, 9.17) is 4.74 Å². The Hall–Kier alpha value is -0.660. The molecular weight excluding hydrogens is 270 g/mol. The van der Waals surface area contributed by atoms with Gasteiger partial charge in [0.25, 0.3) is 0 Å². The van der Waals surface area contributed by atoms with Crippen molar-refractivity contribution in [2.75, 3.05) is 19.4 Å². The van der Waals surface area contributed by atoms with Crippen molar-refractivity contribution >= 4 is 15.8 Å². The Morgan fingerprint density at radius 1 is 1.42 bits per heavy atom. The molecule has 0 amide bonds. The molecule has 0 aromatic carbocycles. The van der Waals surface area contributed by atoms with E-state index in [2.05, 4.69) is 5.32 Å². The normalized spacial score (nSPS) is 35.6. The average Bonchev–Trinajstić information content (AvgIpc) is 2.95. The van der Waals surface area contributed by atoms with Crippen LogP contribution in [-0.2, 0) is 19.4 Å². The topological polar surface area (TPSA) is 92.7 Å². The van der Waals surface area contributed by atoms with Crippen LogP contribution in [0.4, 0.5) is 0 Å². The molecule has 1 saturated carbocycles. The molecule has 7 heteroatoms. The van der Waals surface area contributed by atoms with Gasteiger partial charge < -0.3 is 9.84 Å².